The van der Waals surface area contributed by atoms with Gasteiger partial charge in [0.1, 0.15) is 5.82 Å². The molecule has 1 fully saturated rings. The maximum absolute atomic E-state index is 6.25. The van der Waals surface area contributed by atoms with Crippen molar-refractivity contribution >= 4 is 44.3 Å². The van der Waals surface area contributed by atoms with E-state index >= 15 is 0 Å². The second kappa shape index (κ2) is 9.41. The summed E-state index contributed by atoms with van der Waals surface area (Å²) in [6, 6.07) is 14.6. The fraction of sp³-hybridized carbons (Fsp3) is 0.391. The Morgan fingerprint density at radius 2 is 1.97 bits per heavy atom. The summed E-state index contributed by atoms with van der Waals surface area (Å²) in [5.41, 5.74) is 1.89. The van der Waals surface area contributed by atoms with E-state index in [0.29, 0.717) is 11.1 Å². The van der Waals surface area contributed by atoms with Gasteiger partial charge in [0, 0.05) is 39.6 Å². The van der Waals surface area contributed by atoms with Crippen LogP contribution in [0.4, 0.5) is 5.82 Å². The second-order valence-electron chi connectivity index (χ2n) is 7.73. The predicted molar refractivity (Wildman–Crippen MR) is 126 cm³/mol. The topological polar surface area (TPSA) is 41.0 Å². The summed E-state index contributed by atoms with van der Waals surface area (Å²) in [5.74, 6) is 1.57. The molecule has 4 rings (SSSR count). The quantitative estimate of drug-likeness (QED) is 0.421. The third-order valence-electron chi connectivity index (χ3n) is 5.62. The smallest absolute Gasteiger partial charge is 0.162 e. The van der Waals surface area contributed by atoms with Crippen molar-refractivity contribution in [2.24, 2.45) is 0 Å². The minimum absolute atomic E-state index is 0.697. The summed E-state index contributed by atoms with van der Waals surface area (Å²) in [7, 11) is 0. The van der Waals surface area contributed by atoms with Gasteiger partial charge in [-0.05, 0) is 63.1 Å². The van der Waals surface area contributed by atoms with E-state index in [9.17, 15) is 0 Å². The second-order valence-corrected chi connectivity index (χ2v) is 9.08. The van der Waals surface area contributed by atoms with Crippen LogP contribution < -0.4 is 5.32 Å². The number of hydrogen-bond donors (Lipinski definition) is 1. The van der Waals surface area contributed by atoms with Crippen LogP contribution in [0, 0.1) is 0 Å². The SMILES string of the molecule is CC1CCCCN1CCCNc1nc(-c2ccc(Br)cc2)nc2ccc(Cl)cc12. The Kier molecular flexibility index (Phi) is 6.68. The highest BCUT2D eigenvalue weighted by Gasteiger charge is 2.17. The van der Waals surface area contributed by atoms with E-state index in [1.807, 2.05) is 42.5 Å². The number of piperidine rings is 1. The summed E-state index contributed by atoms with van der Waals surface area (Å²) in [6.45, 7) is 5.57. The average Bonchev–Trinajstić information content (AvgIpc) is 2.73. The molecule has 0 saturated carbocycles. The van der Waals surface area contributed by atoms with Gasteiger partial charge in [0.2, 0.25) is 0 Å². The lowest BCUT2D eigenvalue weighted by molar-refractivity contribution is 0.160. The van der Waals surface area contributed by atoms with Crippen LogP contribution in [0.15, 0.2) is 46.9 Å². The van der Waals surface area contributed by atoms with Crippen molar-refractivity contribution in [1.82, 2.24) is 14.9 Å². The number of fused-ring (bicyclic) bond motifs is 1. The van der Waals surface area contributed by atoms with Gasteiger partial charge >= 0.3 is 0 Å². The van der Waals surface area contributed by atoms with E-state index in [1.165, 1.54) is 25.8 Å². The fourth-order valence-electron chi connectivity index (χ4n) is 3.94. The number of hydrogen-bond acceptors (Lipinski definition) is 4. The monoisotopic (exact) mass is 472 g/mol. The molecule has 0 spiro atoms. The van der Waals surface area contributed by atoms with Crippen LogP contribution in [0.2, 0.25) is 5.02 Å². The van der Waals surface area contributed by atoms with Crippen LogP contribution in [-0.2, 0) is 0 Å². The molecule has 1 saturated heterocycles. The molecule has 0 aliphatic carbocycles. The molecule has 1 unspecified atom stereocenters. The highest BCUT2D eigenvalue weighted by Crippen LogP contribution is 2.28. The fourth-order valence-corrected chi connectivity index (χ4v) is 4.38. The Morgan fingerprint density at radius 1 is 1.14 bits per heavy atom. The minimum atomic E-state index is 0.697. The van der Waals surface area contributed by atoms with Gasteiger partial charge in [0.15, 0.2) is 5.82 Å². The first-order valence-corrected chi connectivity index (χ1v) is 11.5. The molecule has 1 N–H and O–H groups in total. The molecule has 1 aliphatic heterocycles. The molecule has 4 nitrogen and oxygen atoms in total. The first kappa shape index (κ1) is 20.6. The Hall–Kier alpha value is -1.69. The molecule has 0 bridgehead atoms. The van der Waals surface area contributed by atoms with Crippen LogP contribution in [0.1, 0.15) is 32.6 Å². The molecule has 1 atom stereocenters. The number of likely N-dealkylation sites (tertiary alicyclic amines) is 1. The van der Waals surface area contributed by atoms with Gasteiger partial charge in [-0.15, -0.1) is 0 Å². The Morgan fingerprint density at radius 3 is 2.76 bits per heavy atom. The van der Waals surface area contributed by atoms with Crippen LogP contribution in [0.5, 0.6) is 0 Å². The van der Waals surface area contributed by atoms with Gasteiger partial charge in [-0.3, -0.25) is 0 Å². The average molecular weight is 474 g/mol. The van der Waals surface area contributed by atoms with Crippen LogP contribution in [0.25, 0.3) is 22.3 Å². The standard InChI is InChI=1S/C23H26BrClN4/c1-16-5-2-3-13-29(16)14-4-12-26-23-20-15-19(25)10-11-21(20)27-22(28-23)17-6-8-18(24)9-7-17/h6-11,15-16H,2-5,12-14H2,1H3,(H,26,27,28). The van der Waals surface area contributed by atoms with Crippen molar-refractivity contribution in [3.63, 3.8) is 0 Å². The van der Waals surface area contributed by atoms with E-state index < -0.39 is 0 Å². The number of nitrogens with one attached hydrogen (secondary N) is 1. The number of nitrogens with zero attached hydrogens (tertiary/aromatic N) is 3. The van der Waals surface area contributed by atoms with Crippen LogP contribution >= 0.6 is 27.5 Å². The van der Waals surface area contributed by atoms with Crippen LogP contribution in [-0.4, -0.2) is 40.5 Å². The largest absolute Gasteiger partial charge is 0.369 e. The van der Waals surface area contributed by atoms with E-state index in [1.54, 1.807) is 0 Å². The van der Waals surface area contributed by atoms with E-state index in [-0.39, 0.29) is 0 Å². The lowest BCUT2D eigenvalue weighted by atomic mass is 10.0. The molecule has 2 heterocycles. The highest BCUT2D eigenvalue weighted by atomic mass is 79.9. The van der Waals surface area contributed by atoms with Gasteiger partial charge < -0.3 is 10.2 Å². The van der Waals surface area contributed by atoms with Crippen molar-refractivity contribution in [3.8, 4) is 11.4 Å². The molecule has 6 heteroatoms. The highest BCUT2D eigenvalue weighted by molar-refractivity contribution is 9.10. The molecule has 3 aromatic rings. The van der Waals surface area contributed by atoms with E-state index in [0.717, 1.165) is 52.1 Å². The Balaban J connectivity index is 1.53. The normalized spacial score (nSPS) is 17.6. The van der Waals surface area contributed by atoms with Gasteiger partial charge in [-0.2, -0.15) is 0 Å². The number of anilines is 1. The predicted octanol–water partition coefficient (Wildman–Crippen LogP) is 6.39. The molecule has 152 valence electrons. The number of benzene rings is 2. The lowest BCUT2D eigenvalue weighted by Gasteiger charge is -2.33. The van der Waals surface area contributed by atoms with Crippen LogP contribution in [0.3, 0.4) is 0 Å². The summed E-state index contributed by atoms with van der Waals surface area (Å²) in [6.07, 6.45) is 5.09. The molecule has 0 amide bonds. The van der Waals surface area contributed by atoms with Crippen molar-refractivity contribution in [2.75, 3.05) is 25.0 Å². The van der Waals surface area contributed by atoms with Gasteiger partial charge in [-0.1, -0.05) is 46.1 Å². The molecule has 1 aromatic heterocycles. The lowest BCUT2D eigenvalue weighted by Crippen LogP contribution is -2.38. The summed E-state index contributed by atoms with van der Waals surface area (Å²) < 4.78 is 1.04. The van der Waals surface area contributed by atoms with Crippen molar-refractivity contribution in [3.05, 3.63) is 52.0 Å². The third kappa shape index (κ3) is 5.08. The molecule has 29 heavy (non-hydrogen) atoms. The summed E-state index contributed by atoms with van der Waals surface area (Å²) >= 11 is 9.74. The van der Waals surface area contributed by atoms with Gasteiger partial charge in [0.25, 0.3) is 0 Å². The first-order chi connectivity index (χ1) is 14.1. The summed E-state index contributed by atoms with van der Waals surface area (Å²) in [5, 5.41) is 5.20. The summed E-state index contributed by atoms with van der Waals surface area (Å²) in [4.78, 5) is 12.2. The van der Waals surface area contributed by atoms with Gasteiger partial charge in [0.05, 0.1) is 5.52 Å². The molecular weight excluding hydrogens is 448 g/mol. The van der Waals surface area contributed by atoms with Crippen molar-refractivity contribution in [2.45, 2.75) is 38.6 Å². The molecular formula is C23H26BrClN4. The minimum Gasteiger partial charge on any atom is -0.369 e. The number of rotatable bonds is 6. The zero-order chi connectivity index (χ0) is 20.2. The maximum Gasteiger partial charge on any atom is 0.162 e. The molecule has 0 radical (unpaired) electrons. The number of halogens is 2. The zero-order valence-electron chi connectivity index (χ0n) is 16.7. The van der Waals surface area contributed by atoms with E-state index in [2.05, 4.69) is 33.1 Å². The molecule has 2 aromatic carbocycles. The van der Waals surface area contributed by atoms with E-state index in [4.69, 9.17) is 21.6 Å². The Labute approximate surface area is 185 Å². The number of aromatic nitrogens is 2. The van der Waals surface area contributed by atoms with Crippen molar-refractivity contribution < 1.29 is 0 Å². The first-order valence-electron chi connectivity index (χ1n) is 10.3. The van der Waals surface area contributed by atoms with Gasteiger partial charge in [-0.25, -0.2) is 9.97 Å². The third-order valence-corrected chi connectivity index (χ3v) is 6.38. The zero-order valence-corrected chi connectivity index (χ0v) is 19.0. The Bertz CT molecular complexity index is 977. The van der Waals surface area contributed by atoms with Crippen molar-refractivity contribution in [1.29, 1.82) is 0 Å². The maximum atomic E-state index is 6.25. The molecule has 1 aliphatic rings.